The predicted octanol–water partition coefficient (Wildman–Crippen LogP) is 1.72. The maximum Gasteiger partial charge on any atom is 2.00 e. The third-order valence-electron chi connectivity index (χ3n) is 1.44. The Morgan fingerprint density at radius 2 is 1.91 bits per heavy atom. The van der Waals surface area contributed by atoms with Gasteiger partial charge >= 0.3 is 37.7 Å². The fourth-order valence-corrected chi connectivity index (χ4v) is 0.811. The minimum absolute atomic E-state index is 0. The molecule has 0 aromatic heterocycles. The summed E-state index contributed by atoms with van der Waals surface area (Å²) in [4.78, 5) is 0. The van der Waals surface area contributed by atoms with E-state index in [4.69, 9.17) is 5.73 Å². The van der Waals surface area contributed by atoms with Crippen LogP contribution in [0.15, 0.2) is 43.0 Å². The van der Waals surface area contributed by atoms with E-state index >= 15 is 0 Å². The molecule has 1 nitrogen and oxygen atoms in total. The second-order valence-electron chi connectivity index (χ2n) is 2.17. The molecule has 1 rings (SSSR count). The largest absolute Gasteiger partial charge is 2.00 e. The summed E-state index contributed by atoms with van der Waals surface area (Å²) in [6.07, 6.45) is 1.73. The van der Waals surface area contributed by atoms with E-state index in [0.717, 1.165) is 5.56 Å². The molecule has 1 unspecified atom stereocenters. The number of hydrogen-bond donors (Lipinski definition) is 1. The molecule has 0 heterocycles. The van der Waals surface area contributed by atoms with Gasteiger partial charge in [0.05, 0.1) is 0 Å². The molecule has 0 saturated carbocycles. The normalized spacial score (nSPS) is 11.4. The van der Waals surface area contributed by atoms with Crippen molar-refractivity contribution in [3.05, 3.63) is 48.6 Å². The SMILES string of the molecule is C=CC(N)c1ccccc1.[Ca+2].[H-].[H-]. The Hall–Kier alpha value is 0.180. The zero-order valence-electron chi connectivity index (χ0n) is 8.53. The summed E-state index contributed by atoms with van der Waals surface area (Å²) >= 11 is 0. The van der Waals surface area contributed by atoms with Gasteiger partial charge < -0.3 is 8.59 Å². The summed E-state index contributed by atoms with van der Waals surface area (Å²) < 4.78 is 0. The first-order valence-corrected chi connectivity index (χ1v) is 3.27. The molecule has 0 fully saturated rings. The first-order chi connectivity index (χ1) is 4.84. The molecule has 0 aliphatic carbocycles. The van der Waals surface area contributed by atoms with E-state index in [1.165, 1.54) is 0 Å². The van der Waals surface area contributed by atoms with E-state index in [0.29, 0.717) is 0 Å². The van der Waals surface area contributed by atoms with E-state index in [-0.39, 0.29) is 46.6 Å². The van der Waals surface area contributed by atoms with Crippen LogP contribution in [0.25, 0.3) is 0 Å². The standard InChI is InChI=1S/C9H11N.Ca.2H/c1-2-9(10)8-6-4-3-5-7-8;;;/h2-7,9H,1,10H2;;;/q;+2;2*-1. The van der Waals surface area contributed by atoms with Crippen molar-refractivity contribution in [1.29, 1.82) is 0 Å². The minimum atomic E-state index is -0.0267. The van der Waals surface area contributed by atoms with Crippen LogP contribution in [0, 0.1) is 0 Å². The van der Waals surface area contributed by atoms with Gasteiger partial charge in [0.1, 0.15) is 0 Å². The molecular weight excluding hydrogens is 162 g/mol. The van der Waals surface area contributed by atoms with Gasteiger partial charge in [0.25, 0.3) is 0 Å². The van der Waals surface area contributed by atoms with Crippen LogP contribution in [0.5, 0.6) is 0 Å². The predicted molar refractivity (Wildman–Crippen MR) is 51.5 cm³/mol. The molecule has 0 bridgehead atoms. The van der Waals surface area contributed by atoms with Gasteiger partial charge in [-0.25, -0.2) is 0 Å². The Balaban J connectivity index is -0.000000333. The van der Waals surface area contributed by atoms with E-state index < -0.39 is 0 Å². The van der Waals surface area contributed by atoms with Gasteiger partial charge in [-0.15, -0.1) is 6.58 Å². The Labute approximate surface area is 100 Å². The average Bonchev–Trinajstić information content (AvgIpc) is 2.05. The molecule has 1 atom stereocenters. The van der Waals surface area contributed by atoms with Gasteiger partial charge in [-0.1, -0.05) is 36.4 Å². The molecule has 11 heavy (non-hydrogen) atoms. The Morgan fingerprint density at radius 3 is 2.36 bits per heavy atom. The van der Waals surface area contributed by atoms with Crippen LogP contribution in [-0.2, 0) is 0 Å². The Kier molecular flexibility index (Phi) is 5.88. The van der Waals surface area contributed by atoms with Crippen molar-refractivity contribution in [1.82, 2.24) is 0 Å². The fourth-order valence-electron chi connectivity index (χ4n) is 0.811. The zero-order chi connectivity index (χ0) is 7.40. The van der Waals surface area contributed by atoms with E-state index in [1.54, 1.807) is 6.08 Å². The third kappa shape index (κ3) is 3.39. The van der Waals surface area contributed by atoms with Crippen LogP contribution in [0.1, 0.15) is 14.5 Å². The molecule has 2 heteroatoms. The summed E-state index contributed by atoms with van der Waals surface area (Å²) in [7, 11) is 0. The maximum absolute atomic E-state index is 5.68. The van der Waals surface area contributed by atoms with Crippen LogP contribution in [0.4, 0.5) is 0 Å². The Morgan fingerprint density at radius 1 is 1.36 bits per heavy atom. The molecule has 56 valence electrons. The number of hydrogen-bond acceptors (Lipinski definition) is 1. The van der Waals surface area contributed by atoms with Crippen molar-refractivity contribution in [3.8, 4) is 0 Å². The van der Waals surface area contributed by atoms with Crippen LogP contribution in [0.3, 0.4) is 0 Å². The van der Waals surface area contributed by atoms with Gasteiger partial charge in [0.15, 0.2) is 0 Å². The van der Waals surface area contributed by atoms with Crippen molar-refractivity contribution >= 4 is 37.7 Å². The van der Waals surface area contributed by atoms with Crippen molar-refractivity contribution in [3.63, 3.8) is 0 Å². The molecular formula is C9H13CaN. The summed E-state index contributed by atoms with van der Waals surface area (Å²) in [5.74, 6) is 0. The van der Waals surface area contributed by atoms with Crippen LogP contribution < -0.4 is 5.73 Å². The van der Waals surface area contributed by atoms with Gasteiger partial charge in [-0.05, 0) is 5.56 Å². The first kappa shape index (κ1) is 11.2. The van der Waals surface area contributed by atoms with Gasteiger partial charge in [-0.3, -0.25) is 0 Å². The van der Waals surface area contributed by atoms with E-state index in [9.17, 15) is 0 Å². The summed E-state index contributed by atoms with van der Waals surface area (Å²) in [6, 6.07) is 9.87. The zero-order valence-corrected chi connectivity index (χ0v) is 8.74. The number of nitrogens with two attached hydrogens (primary N) is 1. The molecule has 0 aliphatic rings. The van der Waals surface area contributed by atoms with Crippen molar-refractivity contribution < 1.29 is 2.85 Å². The molecule has 2 N–H and O–H groups in total. The number of benzene rings is 1. The summed E-state index contributed by atoms with van der Waals surface area (Å²) in [6.45, 7) is 3.61. The van der Waals surface area contributed by atoms with Crippen molar-refractivity contribution in [2.75, 3.05) is 0 Å². The molecule has 1 aromatic carbocycles. The summed E-state index contributed by atoms with van der Waals surface area (Å²) in [5, 5.41) is 0. The average molecular weight is 175 g/mol. The quantitative estimate of drug-likeness (QED) is 0.537. The number of rotatable bonds is 2. The first-order valence-electron chi connectivity index (χ1n) is 3.27. The van der Waals surface area contributed by atoms with Gasteiger partial charge in [-0.2, -0.15) is 0 Å². The second kappa shape index (κ2) is 5.78. The van der Waals surface area contributed by atoms with E-state index in [2.05, 4.69) is 6.58 Å². The second-order valence-corrected chi connectivity index (χ2v) is 2.17. The van der Waals surface area contributed by atoms with Gasteiger partial charge in [0.2, 0.25) is 0 Å². The molecule has 0 spiro atoms. The smallest absolute Gasteiger partial charge is 1.00 e. The third-order valence-corrected chi connectivity index (χ3v) is 1.44. The van der Waals surface area contributed by atoms with Crippen molar-refractivity contribution in [2.45, 2.75) is 6.04 Å². The maximum atomic E-state index is 5.68. The summed E-state index contributed by atoms with van der Waals surface area (Å²) in [5.41, 5.74) is 6.79. The molecule has 1 aromatic rings. The van der Waals surface area contributed by atoms with Crippen molar-refractivity contribution in [2.24, 2.45) is 5.73 Å². The molecule has 0 amide bonds. The minimum Gasteiger partial charge on any atom is -1.00 e. The van der Waals surface area contributed by atoms with Crippen LogP contribution in [0.2, 0.25) is 0 Å². The monoisotopic (exact) mass is 175 g/mol. The molecule has 0 saturated heterocycles. The topological polar surface area (TPSA) is 26.0 Å². The van der Waals surface area contributed by atoms with Gasteiger partial charge in [0, 0.05) is 6.04 Å². The van der Waals surface area contributed by atoms with E-state index in [1.807, 2.05) is 30.3 Å². The van der Waals surface area contributed by atoms with Crippen LogP contribution >= 0.6 is 0 Å². The molecule has 0 aliphatic heterocycles. The van der Waals surface area contributed by atoms with Crippen LogP contribution in [-0.4, -0.2) is 37.7 Å². The fraction of sp³-hybridized carbons (Fsp3) is 0.111. The molecule has 0 radical (unpaired) electrons. The Bertz CT molecular complexity index is 216.